The summed E-state index contributed by atoms with van der Waals surface area (Å²) in [6.45, 7) is -0.280. The van der Waals surface area contributed by atoms with E-state index >= 15 is 0 Å². The Hall–Kier alpha value is -2.72. The minimum absolute atomic E-state index is 0.293. The van der Waals surface area contributed by atoms with Crippen molar-refractivity contribution in [2.24, 2.45) is 0 Å². The number of carbonyl (C=O) groups excluding carboxylic acids is 3. The van der Waals surface area contributed by atoms with Crippen LogP contribution in [0.3, 0.4) is 0 Å². The maximum atomic E-state index is 13.2. The van der Waals surface area contributed by atoms with Gasteiger partial charge in [0.2, 0.25) is 0 Å². The van der Waals surface area contributed by atoms with Crippen LogP contribution in [0.4, 0.5) is 44.3 Å². The average molecular weight is 479 g/mol. The van der Waals surface area contributed by atoms with Gasteiger partial charge in [-0.15, -0.1) is 0 Å². The molecule has 0 aromatic carbocycles. The second kappa shape index (κ2) is 10.5. The Morgan fingerprint density at radius 3 is 1.90 bits per heavy atom. The van der Waals surface area contributed by atoms with Gasteiger partial charge in [0, 0.05) is 6.08 Å². The molecule has 0 fully saturated rings. The fourth-order valence-corrected chi connectivity index (χ4v) is 1.40. The van der Waals surface area contributed by atoms with Crippen molar-refractivity contribution in [2.75, 3.05) is 26.4 Å². The lowest BCUT2D eigenvalue weighted by atomic mass is 10.0. The molecule has 0 aromatic heterocycles. The second-order valence-electron chi connectivity index (χ2n) is 5.37. The highest BCUT2D eigenvalue weighted by Crippen LogP contribution is 2.53. The summed E-state index contributed by atoms with van der Waals surface area (Å²) in [6.07, 6.45) is -9.73. The summed E-state index contributed by atoms with van der Waals surface area (Å²) < 4.78 is 126. The van der Waals surface area contributed by atoms with Crippen molar-refractivity contribution in [1.82, 2.24) is 5.32 Å². The summed E-state index contributed by atoms with van der Waals surface area (Å²) in [6, 6.07) is 0. The highest BCUT2D eigenvalue weighted by Gasteiger charge is 2.84. The average Bonchev–Trinajstić information content (AvgIpc) is 2.66. The molecule has 2 N–H and O–H groups in total. The summed E-state index contributed by atoms with van der Waals surface area (Å²) in [4.78, 5) is 32.8. The van der Waals surface area contributed by atoms with Crippen LogP contribution >= 0.6 is 0 Å². The molecule has 0 saturated carbocycles. The molecule has 0 saturated heterocycles. The van der Waals surface area contributed by atoms with E-state index in [9.17, 15) is 59.0 Å². The number of hydrogen-bond acceptors (Lipinski definition) is 7. The van der Waals surface area contributed by atoms with Crippen LogP contribution in [-0.4, -0.2) is 79.6 Å². The Balaban J connectivity index is 4.63. The van der Waals surface area contributed by atoms with Gasteiger partial charge in [-0.05, 0) is 0 Å². The Morgan fingerprint density at radius 1 is 0.903 bits per heavy atom. The van der Waals surface area contributed by atoms with Gasteiger partial charge in [-0.1, -0.05) is 6.58 Å². The molecule has 31 heavy (non-hydrogen) atoms. The fourth-order valence-electron chi connectivity index (χ4n) is 1.40. The Morgan fingerprint density at radius 2 is 1.42 bits per heavy atom. The van der Waals surface area contributed by atoms with Crippen LogP contribution in [0, 0.1) is 0 Å². The van der Waals surface area contributed by atoms with Crippen molar-refractivity contribution in [1.29, 1.82) is 0 Å². The second-order valence-corrected chi connectivity index (χ2v) is 5.37. The normalized spacial score (nSPS) is 13.7. The third-order valence-electron chi connectivity index (χ3n) is 3.00. The van der Waals surface area contributed by atoms with E-state index in [-0.39, 0.29) is 13.2 Å². The summed E-state index contributed by atoms with van der Waals surface area (Å²) in [5, 5.41) is 11.2. The van der Waals surface area contributed by atoms with Gasteiger partial charge < -0.3 is 24.6 Å². The van der Waals surface area contributed by atoms with Crippen molar-refractivity contribution >= 4 is 18.0 Å². The molecule has 1 unspecified atom stereocenters. The Labute approximate surface area is 166 Å². The third kappa shape index (κ3) is 7.18. The number of carbonyl (C=O) groups is 3. The predicted octanol–water partition coefficient (Wildman–Crippen LogP) is 1.81. The topological polar surface area (TPSA) is 111 Å². The maximum absolute atomic E-state index is 13.2. The molecule has 0 aliphatic carbocycles. The van der Waals surface area contributed by atoms with Crippen LogP contribution in [-0.2, 0) is 23.8 Å². The van der Waals surface area contributed by atoms with Crippen LogP contribution in [0.5, 0.6) is 0 Å². The fraction of sp³-hybridized carbons (Fsp3) is 0.643. The SMILES string of the molecule is C=CC(=O)OCCNC(=O)OCC(O)COC(=O)C(F)(F)C(F)(F)C(F)(F)C(F)(F)F. The molecule has 1 atom stereocenters. The van der Waals surface area contributed by atoms with E-state index in [4.69, 9.17) is 0 Å². The minimum atomic E-state index is -7.29. The van der Waals surface area contributed by atoms with Crippen molar-refractivity contribution in [3.8, 4) is 0 Å². The zero-order chi connectivity index (χ0) is 24.7. The minimum Gasteiger partial charge on any atom is -0.461 e. The highest BCUT2D eigenvalue weighted by atomic mass is 19.4. The van der Waals surface area contributed by atoms with Gasteiger partial charge in [0.15, 0.2) is 0 Å². The molecule has 0 aliphatic heterocycles. The van der Waals surface area contributed by atoms with Crippen molar-refractivity contribution in [2.45, 2.75) is 30.0 Å². The number of alkyl carbamates (subject to hydrolysis) is 1. The molecule has 0 aromatic rings. The zero-order valence-corrected chi connectivity index (χ0v) is 15.0. The summed E-state index contributed by atoms with van der Waals surface area (Å²) >= 11 is 0. The Bertz CT molecular complexity index is 667. The van der Waals surface area contributed by atoms with Crippen molar-refractivity contribution in [3.05, 3.63) is 12.7 Å². The number of nitrogens with one attached hydrogen (secondary N) is 1. The van der Waals surface area contributed by atoms with Gasteiger partial charge in [0.25, 0.3) is 0 Å². The number of ether oxygens (including phenoxy) is 3. The first kappa shape index (κ1) is 28.3. The number of rotatable bonds is 11. The molecule has 180 valence electrons. The molecule has 8 nitrogen and oxygen atoms in total. The molecular weight excluding hydrogens is 465 g/mol. The number of alkyl halides is 9. The van der Waals surface area contributed by atoms with Gasteiger partial charge in [-0.25, -0.2) is 14.4 Å². The van der Waals surface area contributed by atoms with E-state index in [1.807, 2.05) is 5.32 Å². The molecular formula is C14H14F9NO7. The van der Waals surface area contributed by atoms with Gasteiger partial charge in [-0.2, -0.15) is 39.5 Å². The summed E-state index contributed by atoms with van der Waals surface area (Å²) in [7, 11) is 0. The molecule has 0 rings (SSSR count). The molecule has 17 heteroatoms. The lowest BCUT2D eigenvalue weighted by Crippen LogP contribution is -2.63. The summed E-state index contributed by atoms with van der Waals surface area (Å²) in [5.41, 5.74) is 0. The van der Waals surface area contributed by atoms with Crippen LogP contribution in [0.15, 0.2) is 12.7 Å². The van der Waals surface area contributed by atoms with Gasteiger partial charge in [-0.3, -0.25) is 0 Å². The van der Waals surface area contributed by atoms with E-state index in [2.05, 4.69) is 20.8 Å². The zero-order valence-electron chi connectivity index (χ0n) is 15.0. The van der Waals surface area contributed by atoms with Gasteiger partial charge in [0.1, 0.15) is 25.9 Å². The number of halogens is 9. The van der Waals surface area contributed by atoms with E-state index in [1.165, 1.54) is 0 Å². The molecule has 0 radical (unpaired) electrons. The van der Waals surface area contributed by atoms with Crippen LogP contribution in [0.25, 0.3) is 0 Å². The smallest absolute Gasteiger partial charge is 0.460 e. The molecule has 1 amide bonds. The quantitative estimate of drug-likeness (QED) is 0.153. The Kier molecular flexibility index (Phi) is 9.61. The standard InChI is InChI=1S/C14H14F9NO7/c1-2-8(26)29-4-3-24-10(28)31-6-7(25)5-30-9(27)11(15,16)12(17,18)13(19,20)14(21,22)23/h2,7,25H,1,3-6H2,(H,24,28). The monoisotopic (exact) mass is 479 g/mol. The molecule has 0 aliphatic rings. The van der Waals surface area contributed by atoms with E-state index in [0.29, 0.717) is 0 Å². The number of aliphatic hydroxyl groups excluding tert-OH is 1. The lowest BCUT2D eigenvalue weighted by Gasteiger charge is -2.32. The van der Waals surface area contributed by atoms with E-state index in [0.717, 1.165) is 6.08 Å². The van der Waals surface area contributed by atoms with Gasteiger partial charge >= 0.3 is 42.0 Å². The molecule has 0 bridgehead atoms. The largest absolute Gasteiger partial charge is 0.461 e. The van der Waals surface area contributed by atoms with Crippen molar-refractivity contribution < 1.29 is 73.2 Å². The first-order valence-corrected chi connectivity index (χ1v) is 7.67. The number of amides is 1. The van der Waals surface area contributed by atoms with Crippen LogP contribution in [0.2, 0.25) is 0 Å². The lowest BCUT2D eigenvalue weighted by molar-refractivity contribution is -0.390. The maximum Gasteiger partial charge on any atom is 0.460 e. The third-order valence-corrected chi connectivity index (χ3v) is 3.00. The molecule has 0 spiro atoms. The van der Waals surface area contributed by atoms with Crippen LogP contribution < -0.4 is 5.32 Å². The van der Waals surface area contributed by atoms with Gasteiger partial charge in [0.05, 0.1) is 6.54 Å². The number of esters is 2. The first-order valence-electron chi connectivity index (χ1n) is 7.67. The predicted molar refractivity (Wildman–Crippen MR) is 78.4 cm³/mol. The number of aliphatic hydroxyl groups is 1. The van der Waals surface area contributed by atoms with Crippen molar-refractivity contribution in [3.63, 3.8) is 0 Å². The highest BCUT2D eigenvalue weighted by molar-refractivity contribution is 5.81. The van der Waals surface area contributed by atoms with E-state index < -0.39 is 61.3 Å². The first-order chi connectivity index (χ1) is 13.9. The van der Waals surface area contributed by atoms with E-state index in [1.54, 1.807) is 0 Å². The number of hydrogen-bond donors (Lipinski definition) is 2. The molecule has 0 heterocycles. The summed E-state index contributed by atoms with van der Waals surface area (Å²) in [5.74, 6) is -25.4. The van der Waals surface area contributed by atoms with Crippen LogP contribution in [0.1, 0.15) is 0 Å².